The van der Waals surface area contributed by atoms with Gasteiger partial charge in [-0.2, -0.15) is 0 Å². The number of nitrogens with one attached hydrogen (secondary N) is 1. The van der Waals surface area contributed by atoms with E-state index in [1.165, 1.54) is 13.0 Å². The number of ether oxygens (including phenoxy) is 4. The summed E-state index contributed by atoms with van der Waals surface area (Å²) in [5.41, 5.74) is 0. The number of hydrogen-bond acceptors (Lipinski definition) is 9. The van der Waals surface area contributed by atoms with Gasteiger partial charge in [0.25, 0.3) is 0 Å². The molecule has 0 aromatic carbocycles. The van der Waals surface area contributed by atoms with Gasteiger partial charge < -0.3 is 24.3 Å². The molecule has 3 atom stereocenters. The molecular formula is C16H20Cl3NO8S. The molecule has 1 aliphatic heterocycles. The van der Waals surface area contributed by atoms with E-state index in [0.717, 1.165) is 11.8 Å². The van der Waals surface area contributed by atoms with Crippen molar-refractivity contribution in [3.63, 3.8) is 0 Å². The van der Waals surface area contributed by atoms with Crippen LogP contribution in [0.25, 0.3) is 0 Å². The van der Waals surface area contributed by atoms with Crippen LogP contribution in [-0.2, 0) is 28.5 Å². The third-order valence-electron chi connectivity index (χ3n) is 3.38. The lowest BCUT2D eigenvalue weighted by Gasteiger charge is -2.38. The number of β-lactam (4-membered cyclic amide) rings is 1. The zero-order valence-corrected chi connectivity index (χ0v) is 18.4. The maximum Gasteiger partial charge on any atom is 0.508 e. The van der Waals surface area contributed by atoms with Crippen LogP contribution < -0.4 is 5.32 Å². The van der Waals surface area contributed by atoms with Crippen molar-refractivity contribution in [3.05, 3.63) is 12.7 Å². The second-order valence-electron chi connectivity index (χ2n) is 5.72. The fourth-order valence-electron chi connectivity index (χ4n) is 2.07. The largest absolute Gasteiger partial charge is 0.508 e. The number of carbonyl (C=O) groups is 4. The summed E-state index contributed by atoms with van der Waals surface area (Å²) in [5.74, 6) is -1.02. The molecule has 0 aliphatic carbocycles. The fourth-order valence-corrected chi connectivity index (χ4v) is 3.45. The summed E-state index contributed by atoms with van der Waals surface area (Å²) >= 11 is 17.2. The molecule has 13 heteroatoms. The third-order valence-corrected chi connectivity index (χ3v) is 4.84. The summed E-state index contributed by atoms with van der Waals surface area (Å²) in [7, 11) is 0. The van der Waals surface area contributed by atoms with Crippen molar-refractivity contribution in [2.75, 3.05) is 19.8 Å². The Kier molecular flexibility index (Phi) is 10.9. The molecule has 164 valence electrons. The Morgan fingerprint density at radius 1 is 1.24 bits per heavy atom. The van der Waals surface area contributed by atoms with Crippen LogP contribution >= 0.6 is 46.6 Å². The minimum absolute atomic E-state index is 0.0147. The van der Waals surface area contributed by atoms with E-state index in [9.17, 15) is 19.2 Å². The lowest BCUT2D eigenvalue weighted by atomic mass is 9.96. The van der Waals surface area contributed by atoms with Crippen LogP contribution in [0.3, 0.4) is 0 Å². The molecule has 0 saturated carbocycles. The van der Waals surface area contributed by atoms with E-state index in [2.05, 4.69) is 16.6 Å². The average molecular weight is 493 g/mol. The molecular weight excluding hydrogens is 473 g/mol. The first-order chi connectivity index (χ1) is 13.5. The minimum atomic E-state index is -1.74. The van der Waals surface area contributed by atoms with Gasteiger partial charge in [0.15, 0.2) is 5.12 Å². The first kappa shape index (κ1) is 25.7. The van der Waals surface area contributed by atoms with E-state index in [-0.39, 0.29) is 37.1 Å². The van der Waals surface area contributed by atoms with Crippen molar-refractivity contribution in [1.29, 1.82) is 0 Å². The van der Waals surface area contributed by atoms with Gasteiger partial charge in [0.1, 0.15) is 25.2 Å². The van der Waals surface area contributed by atoms with Gasteiger partial charge in [-0.1, -0.05) is 59.2 Å². The van der Waals surface area contributed by atoms with Gasteiger partial charge in [0.2, 0.25) is 9.70 Å². The predicted octanol–water partition coefficient (Wildman–Crippen LogP) is 3.35. The third kappa shape index (κ3) is 10.3. The molecule has 1 fully saturated rings. The van der Waals surface area contributed by atoms with Crippen LogP contribution in [0.5, 0.6) is 0 Å². The normalized spacial score (nSPS) is 19.2. The summed E-state index contributed by atoms with van der Waals surface area (Å²) in [4.78, 5) is 46.5. The lowest BCUT2D eigenvalue weighted by molar-refractivity contribution is -0.137. The molecule has 0 spiro atoms. The Balaban J connectivity index is 2.27. The van der Waals surface area contributed by atoms with E-state index < -0.39 is 40.1 Å². The Morgan fingerprint density at radius 3 is 2.52 bits per heavy atom. The fraction of sp³-hybridized carbons (Fsp3) is 0.625. The highest BCUT2D eigenvalue weighted by molar-refractivity contribution is 8.14. The van der Waals surface area contributed by atoms with E-state index in [1.807, 2.05) is 0 Å². The highest BCUT2D eigenvalue weighted by Gasteiger charge is 2.46. The molecule has 1 heterocycles. The van der Waals surface area contributed by atoms with Crippen molar-refractivity contribution in [2.45, 2.75) is 35.0 Å². The van der Waals surface area contributed by atoms with Crippen molar-refractivity contribution < 1.29 is 38.1 Å². The Labute approximate surface area is 186 Å². The number of rotatable bonds is 10. The van der Waals surface area contributed by atoms with Crippen molar-refractivity contribution in [3.8, 4) is 0 Å². The number of hydrogen-bond donors (Lipinski definition) is 1. The van der Waals surface area contributed by atoms with Crippen LogP contribution in [0.2, 0.25) is 0 Å². The number of amides is 1. The number of carbonyl (C=O) groups excluding carboxylic acids is 4. The van der Waals surface area contributed by atoms with Crippen LogP contribution in [0, 0.1) is 5.92 Å². The highest BCUT2D eigenvalue weighted by Crippen LogP contribution is 2.31. The molecule has 0 unspecified atom stereocenters. The molecule has 0 bridgehead atoms. The lowest BCUT2D eigenvalue weighted by Crippen LogP contribution is -2.61. The van der Waals surface area contributed by atoms with Crippen LogP contribution in [0.4, 0.5) is 9.59 Å². The van der Waals surface area contributed by atoms with E-state index >= 15 is 0 Å². The highest BCUT2D eigenvalue weighted by atomic mass is 35.6. The smallest absolute Gasteiger partial charge is 0.434 e. The first-order valence-corrected chi connectivity index (χ1v) is 10.4. The van der Waals surface area contributed by atoms with Gasteiger partial charge in [-0.05, 0) is 13.3 Å². The second kappa shape index (κ2) is 12.4. The Bertz CT molecular complexity index is 628. The quantitative estimate of drug-likeness (QED) is 0.161. The van der Waals surface area contributed by atoms with Gasteiger partial charge in [-0.3, -0.25) is 9.59 Å². The monoisotopic (exact) mass is 491 g/mol. The Morgan fingerprint density at radius 2 is 1.93 bits per heavy atom. The predicted molar refractivity (Wildman–Crippen MR) is 107 cm³/mol. The molecule has 1 N–H and O–H groups in total. The first-order valence-electron chi connectivity index (χ1n) is 8.34. The Hall–Kier alpha value is -1.36. The number of thioether (sulfide) groups is 1. The number of halogens is 3. The molecule has 0 aromatic heterocycles. The molecule has 1 aliphatic rings. The summed E-state index contributed by atoms with van der Waals surface area (Å²) in [6.45, 7) is 4.39. The van der Waals surface area contributed by atoms with Crippen molar-refractivity contribution in [1.82, 2.24) is 5.32 Å². The number of alkyl halides is 3. The van der Waals surface area contributed by atoms with Crippen LogP contribution in [0.1, 0.15) is 19.8 Å². The summed E-state index contributed by atoms with van der Waals surface area (Å²) in [6.07, 6.45) is -1.02. The molecule has 0 radical (unpaired) electrons. The summed E-state index contributed by atoms with van der Waals surface area (Å²) in [5, 5.41) is 1.80. The average Bonchev–Trinajstić information content (AvgIpc) is 2.60. The van der Waals surface area contributed by atoms with Crippen molar-refractivity contribution in [2.24, 2.45) is 5.92 Å². The molecule has 1 amide bonds. The van der Waals surface area contributed by atoms with Crippen molar-refractivity contribution >= 4 is 69.9 Å². The molecule has 29 heavy (non-hydrogen) atoms. The summed E-state index contributed by atoms with van der Waals surface area (Å²) in [6, 6.07) is 0. The zero-order valence-electron chi connectivity index (χ0n) is 15.4. The maximum atomic E-state index is 12.0. The zero-order chi connectivity index (χ0) is 22.0. The van der Waals surface area contributed by atoms with E-state index in [1.54, 1.807) is 0 Å². The SMILES string of the molecule is C=CCOC(=O)O[C@H](C)[C@H]1C(=O)N[C@@H]1SC(=O)CCCOC(=O)OCC(Cl)(Cl)Cl. The molecule has 9 nitrogen and oxygen atoms in total. The topological polar surface area (TPSA) is 117 Å². The van der Waals surface area contributed by atoms with Crippen LogP contribution in [-0.4, -0.2) is 58.4 Å². The minimum Gasteiger partial charge on any atom is -0.434 e. The van der Waals surface area contributed by atoms with E-state index in [4.69, 9.17) is 49.0 Å². The van der Waals surface area contributed by atoms with Gasteiger partial charge in [-0.25, -0.2) is 9.59 Å². The van der Waals surface area contributed by atoms with E-state index in [0.29, 0.717) is 0 Å². The molecule has 1 saturated heterocycles. The second-order valence-corrected chi connectivity index (χ2v) is 9.44. The van der Waals surface area contributed by atoms with Gasteiger partial charge in [0, 0.05) is 6.42 Å². The summed E-state index contributed by atoms with van der Waals surface area (Å²) < 4.78 is 17.3. The standard InChI is InChI=1S/C16H20Cl3NO8S/c1-3-6-25-15(24)28-9(2)11-12(22)20-13(11)29-10(21)5-4-7-26-14(23)27-8-16(17,18)19/h3,9,11,13H,1,4-8H2,2H3,(H,20,22)/t9-,11+,13-/m1/s1. The maximum absolute atomic E-state index is 12.0. The van der Waals surface area contributed by atoms with Gasteiger partial charge in [0.05, 0.1) is 12.0 Å². The van der Waals surface area contributed by atoms with Crippen LogP contribution in [0.15, 0.2) is 12.7 Å². The molecule has 0 aromatic rings. The van der Waals surface area contributed by atoms with Gasteiger partial charge >= 0.3 is 12.3 Å². The molecule has 1 rings (SSSR count). The van der Waals surface area contributed by atoms with Gasteiger partial charge in [-0.15, -0.1) is 0 Å².